The molecule has 2 nitrogen and oxygen atoms in total. The first-order valence-corrected chi connectivity index (χ1v) is 16.9. The Morgan fingerprint density at radius 1 is 0.741 bits per heavy atom. The fourth-order valence-corrected chi connectivity index (χ4v) is 8.86. The van der Waals surface area contributed by atoms with Crippen LogP contribution in [0.5, 0.6) is 0 Å². The van der Waals surface area contributed by atoms with Crippen LogP contribution in [0.4, 0.5) is 0 Å². The van der Waals surface area contributed by atoms with E-state index in [1.165, 1.54) is 42.9 Å². The van der Waals surface area contributed by atoms with Crippen molar-refractivity contribution in [2.45, 2.75) is 38.0 Å². The summed E-state index contributed by atoms with van der Waals surface area (Å²) < 4.78 is 1.51. The van der Waals surface area contributed by atoms with Gasteiger partial charge in [0.2, 0.25) is 0 Å². The number of fused-ring (bicyclic) bond motifs is 3. The Kier molecular flexibility index (Phi) is 4.34. The van der Waals surface area contributed by atoms with Gasteiger partial charge in [-0.2, -0.15) is 0 Å². The third-order valence-electron chi connectivity index (χ3n) is 5.23. The molecule has 0 aliphatic carbocycles. The molecule has 0 saturated heterocycles. The van der Waals surface area contributed by atoms with Gasteiger partial charge in [0.25, 0.3) is 0 Å². The molecule has 4 rings (SSSR count). The van der Waals surface area contributed by atoms with Gasteiger partial charge >= 0.3 is 164 Å². The van der Waals surface area contributed by atoms with Gasteiger partial charge in [-0.1, -0.05) is 0 Å². The molecule has 3 heteroatoms. The molecule has 136 valence electrons. The van der Waals surface area contributed by atoms with Crippen LogP contribution in [0.1, 0.15) is 16.7 Å². The zero-order valence-corrected chi connectivity index (χ0v) is 19.1. The second-order valence-corrected chi connectivity index (χ2v) is 19.1. The predicted molar refractivity (Wildman–Crippen MR) is 120 cm³/mol. The molecule has 0 radical (unpaired) electrons. The molecule has 2 aromatic heterocycles. The molecule has 0 N–H and O–H groups in total. The van der Waals surface area contributed by atoms with E-state index in [0.717, 1.165) is 11.1 Å². The number of nitrogens with zero attached hydrogens (tertiary/aromatic N) is 2. The average molecular weight is 415 g/mol. The van der Waals surface area contributed by atoms with Crippen molar-refractivity contribution in [3.63, 3.8) is 0 Å². The summed E-state index contributed by atoms with van der Waals surface area (Å²) in [5.41, 5.74) is 7.28. The Morgan fingerprint density at radius 2 is 1.44 bits per heavy atom. The number of hydrogen-bond donors (Lipinski definition) is 0. The topological polar surface area (TPSA) is 25.8 Å². The molecule has 0 spiro atoms. The third-order valence-corrected chi connectivity index (χ3v) is 9.71. The van der Waals surface area contributed by atoms with E-state index in [4.69, 9.17) is 9.97 Å². The van der Waals surface area contributed by atoms with Crippen LogP contribution in [0.15, 0.2) is 48.8 Å². The van der Waals surface area contributed by atoms with E-state index in [-0.39, 0.29) is 0 Å². The van der Waals surface area contributed by atoms with Crippen molar-refractivity contribution < 1.29 is 0 Å². The first-order chi connectivity index (χ1) is 12.8. The van der Waals surface area contributed by atoms with Crippen molar-refractivity contribution in [3.05, 3.63) is 65.5 Å². The monoisotopic (exact) mass is 416 g/mol. The molecule has 0 aliphatic rings. The Balaban J connectivity index is 2.08. The van der Waals surface area contributed by atoms with E-state index < -0.39 is 13.3 Å². The molecule has 0 unspecified atom stereocenters. The molecule has 0 bridgehead atoms. The van der Waals surface area contributed by atoms with Gasteiger partial charge in [0.15, 0.2) is 0 Å². The summed E-state index contributed by atoms with van der Waals surface area (Å²) in [5.74, 6) is 7.34. The number of aryl methyl sites for hydroxylation is 3. The summed E-state index contributed by atoms with van der Waals surface area (Å²) in [6, 6.07) is 13.3. The van der Waals surface area contributed by atoms with E-state index in [1.807, 2.05) is 12.4 Å². The van der Waals surface area contributed by atoms with E-state index in [2.05, 4.69) is 74.4 Å². The van der Waals surface area contributed by atoms with Crippen LogP contribution in [0, 0.1) is 20.8 Å². The summed E-state index contributed by atoms with van der Waals surface area (Å²) in [5, 5.41) is 3.63. The van der Waals surface area contributed by atoms with Crippen LogP contribution >= 0.6 is 0 Å². The van der Waals surface area contributed by atoms with E-state index in [1.54, 1.807) is 0 Å². The first-order valence-electron chi connectivity index (χ1n) is 9.52. The Hall–Kier alpha value is -2.20. The maximum absolute atomic E-state index is 4.97. The zero-order chi connectivity index (χ0) is 19.3. The Bertz CT molecular complexity index is 1170. The third kappa shape index (κ3) is 3.16. The molecule has 27 heavy (non-hydrogen) atoms. The minimum atomic E-state index is -2.04. The van der Waals surface area contributed by atoms with Crippen molar-refractivity contribution in [1.82, 2.24) is 9.97 Å². The van der Waals surface area contributed by atoms with Crippen LogP contribution in [-0.4, -0.2) is 23.2 Å². The summed E-state index contributed by atoms with van der Waals surface area (Å²) in [6.45, 7) is 6.50. The molecule has 0 saturated carbocycles. The van der Waals surface area contributed by atoms with Gasteiger partial charge in [0, 0.05) is 0 Å². The number of rotatable bonds is 2. The number of aromatic nitrogens is 2. The molecule has 0 aliphatic heterocycles. The van der Waals surface area contributed by atoms with Gasteiger partial charge in [0.05, 0.1) is 0 Å². The first kappa shape index (κ1) is 18.2. The summed E-state index contributed by atoms with van der Waals surface area (Å²) in [6.07, 6.45) is 3.97. The molecule has 2 aromatic carbocycles. The van der Waals surface area contributed by atoms with Crippen molar-refractivity contribution >= 4 is 39.3 Å². The Labute approximate surface area is 164 Å². The molecule has 4 aromatic rings. The van der Waals surface area contributed by atoms with Crippen LogP contribution in [-0.2, 0) is 0 Å². The Morgan fingerprint density at radius 3 is 2.11 bits per heavy atom. The van der Waals surface area contributed by atoms with Gasteiger partial charge in [-0.25, -0.2) is 0 Å². The molecule has 0 amide bonds. The predicted octanol–water partition coefficient (Wildman–Crippen LogP) is 5.92. The quantitative estimate of drug-likeness (QED) is 0.300. The van der Waals surface area contributed by atoms with Gasteiger partial charge in [-0.05, 0) is 0 Å². The van der Waals surface area contributed by atoms with Crippen molar-refractivity contribution in [1.29, 1.82) is 0 Å². The molecule has 0 atom stereocenters. The molecule has 0 fully saturated rings. The molecule has 2 heterocycles. The second-order valence-electron chi connectivity index (χ2n) is 8.66. The van der Waals surface area contributed by atoms with Gasteiger partial charge < -0.3 is 0 Å². The second kappa shape index (κ2) is 6.45. The number of pyridine rings is 2. The molecular weight excluding hydrogens is 389 g/mol. The standard InChI is InChI=1S/C24H26GeN2/c1-15-11-16(2)13-18(12-15)23-21-14-27-24-20(19(21)9-10-26-23)8-7-17(3)22(24)25(4,5)6/h7-14H,1-6H3. The fourth-order valence-electron chi connectivity index (χ4n) is 4.30. The van der Waals surface area contributed by atoms with Crippen LogP contribution < -0.4 is 4.40 Å². The average Bonchev–Trinajstić information content (AvgIpc) is 2.58. The van der Waals surface area contributed by atoms with Crippen LogP contribution in [0.25, 0.3) is 32.9 Å². The van der Waals surface area contributed by atoms with E-state index in [9.17, 15) is 0 Å². The zero-order valence-electron chi connectivity index (χ0n) is 17.0. The van der Waals surface area contributed by atoms with Gasteiger partial charge in [0.1, 0.15) is 0 Å². The summed E-state index contributed by atoms with van der Waals surface area (Å²) in [7, 11) is 0. The van der Waals surface area contributed by atoms with E-state index in [0.29, 0.717) is 0 Å². The fraction of sp³-hybridized carbons (Fsp3) is 0.250. The SMILES string of the molecule is Cc1cc(C)cc(-c2nccc3c2cnc2[c]([Ge]([CH3])([CH3])[CH3])c(C)ccc23)c1. The normalized spacial score (nSPS) is 12.1. The van der Waals surface area contributed by atoms with Crippen LogP contribution in [0.3, 0.4) is 0 Å². The summed E-state index contributed by atoms with van der Waals surface area (Å²) in [4.78, 5) is 9.70. The van der Waals surface area contributed by atoms with Crippen molar-refractivity contribution in [3.8, 4) is 11.3 Å². The van der Waals surface area contributed by atoms with Crippen molar-refractivity contribution in [2.24, 2.45) is 0 Å². The van der Waals surface area contributed by atoms with Gasteiger partial charge in [-0.15, -0.1) is 0 Å². The summed E-state index contributed by atoms with van der Waals surface area (Å²) >= 11 is -2.04. The van der Waals surface area contributed by atoms with E-state index >= 15 is 0 Å². The number of benzene rings is 2. The maximum atomic E-state index is 4.97. The van der Waals surface area contributed by atoms with Gasteiger partial charge in [-0.3, -0.25) is 0 Å². The number of hydrogen-bond acceptors (Lipinski definition) is 2. The van der Waals surface area contributed by atoms with Crippen molar-refractivity contribution in [2.75, 3.05) is 0 Å². The minimum absolute atomic E-state index is 1.02. The molecular formula is C24H26GeN2. The van der Waals surface area contributed by atoms with Crippen LogP contribution in [0.2, 0.25) is 17.3 Å².